The molecule has 0 aliphatic carbocycles. The number of aromatic nitrogens is 1. The molecule has 7 nitrogen and oxygen atoms in total. The first-order valence-corrected chi connectivity index (χ1v) is 9.64. The van der Waals surface area contributed by atoms with Gasteiger partial charge in [-0.05, 0) is 61.7 Å². The Labute approximate surface area is 165 Å². The largest absolute Gasteiger partial charge is 0.352 e. The lowest BCUT2D eigenvalue weighted by atomic mass is 9.92. The van der Waals surface area contributed by atoms with Crippen LogP contribution in [0.3, 0.4) is 0 Å². The Morgan fingerprint density at radius 3 is 2.68 bits per heavy atom. The molecule has 3 amide bonds. The summed E-state index contributed by atoms with van der Waals surface area (Å²) in [7, 11) is 0. The van der Waals surface area contributed by atoms with Crippen LogP contribution >= 0.6 is 0 Å². The van der Waals surface area contributed by atoms with E-state index < -0.39 is 0 Å². The monoisotopic (exact) mass is 381 g/mol. The topological polar surface area (TPSA) is 95.2 Å². The summed E-state index contributed by atoms with van der Waals surface area (Å²) in [6.07, 6.45) is 5.12. The lowest BCUT2D eigenvalue weighted by Gasteiger charge is -2.27. The van der Waals surface area contributed by atoms with Gasteiger partial charge in [0.25, 0.3) is 0 Å². The van der Waals surface area contributed by atoms with Crippen LogP contribution in [0.5, 0.6) is 0 Å². The van der Waals surface area contributed by atoms with Crippen LogP contribution in [0.25, 0.3) is 0 Å². The van der Waals surface area contributed by atoms with E-state index in [0.717, 1.165) is 30.5 Å². The molecule has 1 aliphatic heterocycles. The van der Waals surface area contributed by atoms with E-state index >= 15 is 0 Å². The van der Waals surface area contributed by atoms with Crippen LogP contribution in [0.15, 0.2) is 48.8 Å². The second-order valence-corrected chi connectivity index (χ2v) is 7.16. The molecule has 0 spiro atoms. The van der Waals surface area contributed by atoms with Gasteiger partial charge in [-0.1, -0.05) is 12.1 Å². The van der Waals surface area contributed by atoms with Crippen LogP contribution in [0.2, 0.25) is 0 Å². The summed E-state index contributed by atoms with van der Waals surface area (Å²) in [6.45, 7) is 3.87. The van der Waals surface area contributed by atoms with Gasteiger partial charge in [0.05, 0.1) is 0 Å². The van der Waals surface area contributed by atoms with Crippen molar-refractivity contribution in [2.75, 3.05) is 11.9 Å². The van der Waals surface area contributed by atoms with Crippen molar-refractivity contribution in [1.29, 1.82) is 0 Å². The molecule has 148 valence electrons. The molecule has 2 aromatic rings. The SMILES string of the molecule is C[C@H]1C[C@@H](C(=O)NCc2cccc(NC(=O)NCc3ccncc3)c2)CCN1. The number of nitrogens with zero attached hydrogens (tertiary/aromatic N) is 1. The average Bonchev–Trinajstić information content (AvgIpc) is 2.71. The highest BCUT2D eigenvalue weighted by Crippen LogP contribution is 2.17. The Bertz CT molecular complexity index is 796. The predicted molar refractivity (Wildman–Crippen MR) is 109 cm³/mol. The second-order valence-electron chi connectivity index (χ2n) is 7.16. The third kappa shape index (κ3) is 6.06. The standard InChI is InChI=1S/C21H27N5O2/c1-15-11-18(7-10-23-15)20(27)24-14-17-3-2-4-19(12-17)26-21(28)25-13-16-5-8-22-9-6-16/h2-6,8-9,12,15,18,23H,7,10-11,13-14H2,1H3,(H,24,27)(H2,25,26,28)/t15-,18-/m0/s1. The van der Waals surface area contributed by atoms with Gasteiger partial charge in [0, 0.05) is 43.1 Å². The van der Waals surface area contributed by atoms with Crippen molar-refractivity contribution in [3.63, 3.8) is 0 Å². The van der Waals surface area contributed by atoms with Crippen LogP contribution < -0.4 is 21.3 Å². The molecule has 1 aliphatic rings. The molecular weight excluding hydrogens is 354 g/mol. The summed E-state index contributed by atoms with van der Waals surface area (Å²) in [5, 5.41) is 12.0. The van der Waals surface area contributed by atoms with Crippen LogP contribution in [0.4, 0.5) is 10.5 Å². The zero-order valence-corrected chi connectivity index (χ0v) is 16.1. The van der Waals surface area contributed by atoms with Crippen LogP contribution in [0, 0.1) is 5.92 Å². The van der Waals surface area contributed by atoms with Gasteiger partial charge in [-0.3, -0.25) is 9.78 Å². The molecule has 0 unspecified atom stereocenters. The first-order valence-electron chi connectivity index (χ1n) is 9.64. The van der Waals surface area contributed by atoms with E-state index in [9.17, 15) is 9.59 Å². The maximum Gasteiger partial charge on any atom is 0.319 e. The molecule has 2 heterocycles. The van der Waals surface area contributed by atoms with E-state index in [-0.39, 0.29) is 17.9 Å². The van der Waals surface area contributed by atoms with Crippen molar-refractivity contribution in [3.8, 4) is 0 Å². The molecule has 7 heteroatoms. The zero-order valence-electron chi connectivity index (χ0n) is 16.1. The molecule has 0 radical (unpaired) electrons. The van der Waals surface area contributed by atoms with Gasteiger partial charge in [-0.2, -0.15) is 0 Å². The average molecular weight is 381 g/mol. The van der Waals surface area contributed by atoms with E-state index in [0.29, 0.717) is 24.8 Å². The van der Waals surface area contributed by atoms with Crippen molar-refractivity contribution in [3.05, 3.63) is 59.9 Å². The number of urea groups is 1. The highest BCUT2D eigenvalue weighted by Gasteiger charge is 2.24. The minimum Gasteiger partial charge on any atom is -0.352 e. The van der Waals surface area contributed by atoms with Crippen molar-refractivity contribution < 1.29 is 9.59 Å². The maximum atomic E-state index is 12.4. The molecule has 1 aromatic heterocycles. The number of piperidine rings is 1. The fourth-order valence-electron chi connectivity index (χ4n) is 3.32. The predicted octanol–water partition coefficient (Wildman–Crippen LogP) is 2.41. The smallest absolute Gasteiger partial charge is 0.319 e. The van der Waals surface area contributed by atoms with Gasteiger partial charge in [-0.15, -0.1) is 0 Å². The number of hydrogen-bond acceptors (Lipinski definition) is 4. The molecule has 28 heavy (non-hydrogen) atoms. The number of hydrogen-bond donors (Lipinski definition) is 4. The fraction of sp³-hybridized carbons (Fsp3) is 0.381. The number of pyridine rings is 1. The van der Waals surface area contributed by atoms with Gasteiger partial charge in [0.15, 0.2) is 0 Å². The quantitative estimate of drug-likeness (QED) is 0.618. The van der Waals surface area contributed by atoms with E-state index in [2.05, 4.69) is 33.2 Å². The van der Waals surface area contributed by atoms with Crippen LogP contribution in [-0.4, -0.2) is 29.5 Å². The van der Waals surface area contributed by atoms with Crippen molar-refractivity contribution in [2.45, 2.75) is 38.9 Å². The van der Waals surface area contributed by atoms with E-state index in [4.69, 9.17) is 0 Å². The first-order chi connectivity index (χ1) is 13.6. The fourth-order valence-corrected chi connectivity index (χ4v) is 3.32. The van der Waals surface area contributed by atoms with Crippen LogP contribution in [-0.2, 0) is 17.9 Å². The van der Waals surface area contributed by atoms with Gasteiger partial charge in [0.1, 0.15) is 0 Å². The minimum absolute atomic E-state index is 0.0662. The highest BCUT2D eigenvalue weighted by molar-refractivity contribution is 5.89. The summed E-state index contributed by atoms with van der Waals surface area (Å²) in [4.78, 5) is 28.4. The first kappa shape index (κ1) is 19.8. The zero-order chi connectivity index (χ0) is 19.8. The van der Waals surface area contributed by atoms with Crippen molar-refractivity contribution in [2.24, 2.45) is 5.92 Å². The molecule has 1 fully saturated rings. The van der Waals surface area contributed by atoms with Crippen molar-refractivity contribution >= 4 is 17.6 Å². The summed E-state index contributed by atoms with van der Waals surface area (Å²) >= 11 is 0. The molecule has 0 bridgehead atoms. The Morgan fingerprint density at radius 2 is 1.89 bits per heavy atom. The Balaban J connectivity index is 1.46. The highest BCUT2D eigenvalue weighted by atomic mass is 16.2. The number of carbonyl (C=O) groups excluding carboxylic acids is 2. The summed E-state index contributed by atoms with van der Waals surface area (Å²) in [5.41, 5.74) is 2.62. The van der Waals surface area contributed by atoms with Gasteiger partial charge in [-0.25, -0.2) is 4.79 Å². The molecule has 1 saturated heterocycles. The lowest BCUT2D eigenvalue weighted by molar-refractivity contribution is -0.126. The van der Waals surface area contributed by atoms with Gasteiger partial charge >= 0.3 is 6.03 Å². The third-order valence-corrected chi connectivity index (χ3v) is 4.85. The minimum atomic E-state index is -0.276. The lowest BCUT2D eigenvalue weighted by Crippen LogP contribution is -2.42. The number of carbonyl (C=O) groups is 2. The van der Waals surface area contributed by atoms with Crippen LogP contribution in [0.1, 0.15) is 30.9 Å². The number of benzene rings is 1. The van der Waals surface area contributed by atoms with E-state index in [1.807, 2.05) is 36.4 Å². The number of amides is 3. The number of nitrogens with one attached hydrogen (secondary N) is 4. The Morgan fingerprint density at radius 1 is 1.11 bits per heavy atom. The molecule has 2 atom stereocenters. The van der Waals surface area contributed by atoms with E-state index in [1.54, 1.807) is 12.4 Å². The third-order valence-electron chi connectivity index (χ3n) is 4.85. The second kappa shape index (κ2) is 9.85. The summed E-state index contributed by atoms with van der Waals surface area (Å²) < 4.78 is 0. The Hall–Kier alpha value is -2.93. The molecule has 0 saturated carbocycles. The maximum absolute atomic E-state index is 12.4. The van der Waals surface area contributed by atoms with Gasteiger partial charge in [0.2, 0.25) is 5.91 Å². The normalized spacial score (nSPS) is 18.9. The molecule has 3 rings (SSSR count). The van der Waals surface area contributed by atoms with E-state index in [1.165, 1.54) is 0 Å². The van der Waals surface area contributed by atoms with Crippen molar-refractivity contribution in [1.82, 2.24) is 20.9 Å². The molecular formula is C21H27N5O2. The Kier molecular flexibility index (Phi) is 6.97. The molecule has 4 N–H and O–H groups in total. The number of anilines is 1. The molecule has 1 aromatic carbocycles. The summed E-state index contributed by atoms with van der Waals surface area (Å²) in [6, 6.07) is 11.3. The number of rotatable bonds is 6. The summed E-state index contributed by atoms with van der Waals surface area (Å²) in [5.74, 6) is 0.165. The van der Waals surface area contributed by atoms with Gasteiger partial charge < -0.3 is 21.3 Å².